The van der Waals surface area contributed by atoms with Crippen LogP contribution in [0, 0.1) is 17.3 Å². The van der Waals surface area contributed by atoms with Crippen molar-refractivity contribution in [2.24, 2.45) is 23.0 Å². The molecule has 112 valence electrons. The third kappa shape index (κ3) is 5.13. The molecular formula is C16H32N2O. The van der Waals surface area contributed by atoms with Crippen molar-refractivity contribution in [1.29, 1.82) is 0 Å². The summed E-state index contributed by atoms with van der Waals surface area (Å²) in [6, 6.07) is 0.173. The Morgan fingerprint density at radius 2 is 1.79 bits per heavy atom. The number of carbonyl (C=O) groups excluding carboxylic acids is 1. The Morgan fingerprint density at radius 3 is 2.21 bits per heavy atom. The van der Waals surface area contributed by atoms with Gasteiger partial charge in [-0.05, 0) is 50.4 Å². The first-order valence-electron chi connectivity index (χ1n) is 7.72. The molecule has 1 rings (SSSR count). The van der Waals surface area contributed by atoms with Crippen molar-refractivity contribution in [3.63, 3.8) is 0 Å². The Hall–Kier alpha value is -0.570. The maximum Gasteiger partial charge on any atom is 0.225 e. The summed E-state index contributed by atoms with van der Waals surface area (Å²) in [6.45, 7) is 9.72. The van der Waals surface area contributed by atoms with Gasteiger partial charge in [0.25, 0.3) is 0 Å². The lowest BCUT2D eigenvalue weighted by Crippen LogP contribution is -2.38. The van der Waals surface area contributed by atoms with Gasteiger partial charge in [-0.15, -0.1) is 0 Å². The molecule has 1 aliphatic carbocycles. The molecule has 2 N–H and O–H groups in total. The largest absolute Gasteiger partial charge is 0.345 e. The second kappa shape index (κ2) is 6.74. The van der Waals surface area contributed by atoms with E-state index in [1.165, 1.54) is 12.8 Å². The van der Waals surface area contributed by atoms with Crippen LogP contribution in [0.4, 0.5) is 0 Å². The van der Waals surface area contributed by atoms with Crippen molar-refractivity contribution in [2.45, 2.75) is 65.8 Å². The van der Waals surface area contributed by atoms with Gasteiger partial charge in [0, 0.05) is 25.6 Å². The first kappa shape index (κ1) is 16.5. The summed E-state index contributed by atoms with van der Waals surface area (Å²) < 4.78 is 0. The average molecular weight is 268 g/mol. The number of hydrogen-bond donors (Lipinski definition) is 1. The molecule has 0 bridgehead atoms. The molecule has 3 nitrogen and oxygen atoms in total. The van der Waals surface area contributed by atoms with Crippen LogP contribution in [0.15, 0.2) is 0 Å². The van der Waals surface area contributed by atoms with E-state index in [0.717, 1.165) is 31.7 Å². The van der Waals surface area contributed by atoms with E-state index in [1.54, 1.807) is 0 Å². The zero-order chi connectivity index (χ0) is 14.6. The monoisotopic (exact) mass is 268 g/mol. The molecule has 3 heteroatoms. The van der Waals surface area contributed by atoms with Crippen LogP contribution in [0.2, 0.25) is 0 Å². The highest BCUT2D eigenvalue weighted by Gasteiger charge is 2.33. The fourth-order valence-electron chi connectivity index (χ4n) is 3.03. The van der Waals surface area contributed by atoms with Crippen molar-refractivity contribution in [2.75, 3.05) is 13.6 Å². The fraction of sp³-hybridized carbons (Fsp3) is 0.938. The second-order valence-electron chi connectivity index (χ2n) is 7.44. The third-order valence-corrected chi connectivity index (χ3v) is 4.60. The zero-order valence-electron chi connectivity index (χ0n) is 13.4. The molecule has 0 heterocycles. The van der Waals surface area contributed by atoms with Crippen molar-refractivity contribution in [1.82, 2.24) is 4.90 Å². The van der Waals surface area contributed by atoms with Gasteiger partial charge >= 0.3 is 0 Å². The van der Waals surface area contributed by atoms with Gasteiger partial charge in [-0.25, -0.2) is 0 Å². The van der Waals surface area contributed by atoms with Crippen LogP contribution in [-0.4, -0.2) is 30.4 Å². The van der Waals surface area contributed by atoms with Gasteiger partial charge in [-0.2, -0.15) is 0 Å². The summed E-state index contributed by atoms with van der Waals surface area (Å²) in [5.74, 6) is 1.34. The molecule has 1 fully saturated rings. The van der Waals surface area contributed by atoms with Crippen molar-refractivity contribution >= 4 is 5.91 Å². The molecule has 1 saturated carbocycles. The molecule has 0 aromatic rings. The minimum atomic E-state index is 0.173. The SMILES string of the molecule is CC(N)CCN(C)C(=O)C1CCC(C(C)(C)C)CC1. The Kier molecular flexibility index (Phi) is 5.84. The zero-order valence-corrected chi connectivity index (χ0v) is 13.4. The minimum absolute atomic E-state index is 0.173. The first-order chi connectivity index (χ1) is 8.71. The van der Waals surface area contributed by atoms with Crippen LogP contribution in [0.3, 0.4) is 0 Å². The quantitative estimate of drug-likeness (QED) is 0.852. The van der Waals surface area contributed by atoms with Gasteiger partial charge in [0.1, 0.15) is 0 Å². The molecule has 1 amide bonds. The smallest absolute Gasteiger partial charge is 0.225 e. The predicted molar refractivity (Wildman–Crippen MR) is 80.8 cm³/mol. The van der Waals surface area contributed by atoms with Crippen molar-refractivity contribution in [3.8, 4) is 0 Å². The van der Waals surface area contributed by atoms with Gasteiger partial charge in [0.05, 0.1) is 0 Å². The lowest BCUT2D eigenvalue weighted by molar-refractivity contribution is -0.135. The van der Waals surface area contributed by atoms with E-state index >= 15 is 0 Å². The minimum Gasteiger partial charge on any atom is -0.345 e. The molecule has 0 aromatic heterocycles. The Morgan fingerprint density at radius 1 is 1.26 bits per heavy atom. The molecule has 1 unspecified atom stereocenters. The summed E-state index contributed by atoms with van der Waals surface area (Å²) in [5.41, 5.74) is 6.13. The maximum atomic E-state index is 12.4. The highest BCUT2D eigenvalue weighted by molar-refractivity contribution is 5.78. The summed E-state index contributed by atoms with van der Waals surface area (Å²) in [4.78, 5) is 14.2. The normalized spacial score (nSPS) is 26.0. The standard InChI is InChI=1S/C16H32N2O/c1-12(17)10-11-18(5)15(19)13-6-8-14(9-7-13)16(2,3)4/h12-14H,6-11,17H2,1-5H3. The first-order valence-corrected chi connectivity index (χ1v) is 7.72. The molecule has 0 saturated heterocycles. The number of nitrogens with zero attached hydrogens (tertiary/aromatic N) is 1. The van der Waals surface area contributed by atoms with Gasteiger partial charge in [-0.3, -0.25) is 4.79 Å². The van der Waals surface area contributed by atoms with Crippen LogP contribution in [0.25, 0.3) is 0 Å². The van der Waals surface area contributed by atoms with Crippen LogP contribution < -0.4 is 5.73 Å². The van der Waals surface area contributed by atoms with E-state index in [1.807, 2.05) is 18.9 Å². The van der Waals surface area contributed by atoms with E-state index in [4.69, 9.17) is 5.73 Å². The lowest BCUT2D eigenvalue weighted by Gasteiger charge is -2.37. The summed E-state index contributed by atoms with van der Waals surface area (Å²) in [5, 5.41) is 0. The highest BCUT2D eigenvalue weighted by atomic mass is 16.2. The van der Waals surface area contributed by atoms with E-state index in [-0.39, 0.29) is 12.0 Å². The van der Waals surface area contributed by atoms with E-state index in [0.29, 0.717) is 11.3 Å². The number of rotatable bonds is 4. The Balaban J connectivity index is 2.40. The summed E-state index contributed by atoms with van der Waals surface area (Å²) >= 11 is 0. The molecule has 0 spiro atoms. The number of hydrogen-bond acceptors (Lipinski definition) is 2. The van der Waals surface area contributed by atoms with Gasteiger partial charge in [-0.1, -0.05) is 20.8 Å². The molecule has 0 aliphatic heterocycles. The van der Waals surface area contributed by atoms with E-state index < -0.39 is 0 Å². The Labute approximate surface area is 118 Å². The van der Waals surface area contributed by atoms with Crippen LogP contribution in [0.5, 0.6) is 0 Å². The summed E-state index contributed by atoms with van der Waals surface area (Å²) in [6.07, 6.45) is 5.40. The molecular weight excluding hydrogens is 236 g/mol. The van der Waals surface area contributed by atoms with E-state index in [2.05, 4.69) is 20.8 Å². The van der Waals surface area contributed by atoms with Gasteiger partial charge < -0.3 is 10.6 Å². The number of amides is 1. The van der Waals surface area contributed by atoms with Crippen LogP contribution in [-0.2, 0) is 4.79 Å². The lowest BCUT2D eigenvalue weighted by atomic mass is 9.69. The molecule has 19 heavy (non-hydrogen) atoms. The molecule has 1 atom stereocenters. The maximum absolute atomic E-state index is 12.4. The van der Waals surface area contributed by atoms with Gasteiger partial charge in [0.2, 0.25) is 5.91 Å². The fourth-order valence-corrected chi connectivity index (χ4v) is 3.03. The topological polar surface area (TPSA) is 46.3 Å². The number of carbonyl (C=O) groups is 1. The predicted octanol–water partition coefficient (Wildman–Crippen LogP) is 3.03. The third-order valence-electron chi connectivity index (χ3n) is 4.60. The van der Waals surface area contributed by atoms with Gasteiger partial charge in [0.15, 0.2) is 0 Å². The molecule has 0 radical (unpaired) electrons. The number of nitrogens with two attached hydrogens (primary N) is 1. The summed E-state index contributed by atoms with van der Waals surface area (Å²) in [7, 11) is 1.92. The van der Waals surface area contributed by atoms with Crippen LogP contribution in [0.1, 0.15) is 59.8 Å². The molecule has 1 aliphatic rings. The highest BCUT2D eigenvalue weighted by Crippen LogP contribution is 2.40. The Bertz CT molecular complexity index is 286. The second-order valence-corrected chi connectivity index (χ2v) is 7.44. The van der Waals surface area contributed by atoms with Crippen molar-refractivity contribution < 1.29 is 4.79 Å². The molecule has 0 aromatic carbocycles. The van der Waals surface area contributed by atoms with Crippen molar-refractivity contribution in [3.05, 3.63) is 0 Å². The average Bonchev–Trinajstić information content (AvgIpc) is 2.34. The van der Waals surface area contributed by atoms with Crippen LogP contribution >= 0.6 is 0 Å². The van der Waals surface area contributed by atoms with E-state index in [9.17, 15) is 4.79 Å².